The number of halogens is 3. The first-order valence-electron chi connectivity index (χ1n) is 11.5. The molecule has 1 saturated carbocycles. The van der Waals surface area contributed by atoms with E-state index in [4.69, 9.17) is 9.26 Å². The molecule has 3 heterocycles. The van der Waals surface area contributed by atoms with Crippen molar-refractivity contribution in [1.29, 1.82) is 0 Å². The van der Waals surface area contributed by atoms with E-state index in [1.54, 1.807) is 11.6 Å². The van der Waals surface area contributed by atoms with Crippen LogP contribution >= 0.6 is 0 Å². The summed E-state index contributed by atoms with van der Waals surface area (Å²) in [5, 5.41) is 11.9. The number of piperidine rings is 1. The molecular formula is C22H26F3N7O3. The predicted octanol–water partition coefficient (Wildman–Crippen LogP) is 4.57. The van der Waals surface area contributed by atoms with Crippen molar-refractivity contribution in [2.75, 3.05) is 23.3 Å². The fourth-order valence-corrected chi connectivity index (χ4v) is 4.79. The van der Waals surface area contributed by atoms with Crippen LogP contribution in [0.25, 0.3) is 0 Å². The highest BCUT2D eigenvalue weighted by molar-refractivity contribution is 5.37. The van der Waals surface area contributed by atoms with E-state index in [-0.39, 0.29) is 29.6 Å². The van der Waals surface area contributed by atoms with Crippen LogP contribution in [0.5, 0.6) is 17.5 Å². The first-order chi connectivity index (χ1) is 16.6. The minimum Gasteiger partial charge on any atom is -0.424 e. The average Bonchev–Trinajstić information content (AvgIpc) is 3.43. The summed E-state index contributed by atoms with van der Waals surface area (Å²) in [6.07, 6.45) is -2.66. The summed E-state index contributed by atoms with van der Waals surface area (Å²) in [4.78, 5) is 11.0. The molecule has 3 aromatic rings. The summed E-state index contributed by atoms with van der Waals surface area (Å²) in [7, 11) is 0. The van der Waals surface area contributed by atoms with Gasteiger partial charge in [0.05, 0.1) is 6.04 Å². The molecule has 2 fully saturated rings. The second-order valence-corrected chi connectivity index (χ2v) is 9.18. The second-order valence-electron chi connectivity index (χ2n) is 9.18. The molecule has 0 amide bonds. The van der Waals surface area contributed by atoms with Gasteiger partial charge in [0.2, 0.25) is 5.95 Å². The average molecular weight is 493 g/mol. The van der Waals surface area contributed by atoms with Crippen LogP contribution in [0.1, 0.15) is 38.6 Å². The molecule has 5 rings (SSSR count). The molecule has 188 valence electrons. The van der Waals surface area contributed by atoms with Gasteiger partial charge in [0.15, 0.2) is 5.82 Å². The number of alkyl halides is 3. The smallest absolute Gasteiger partial charge is 0.424 e. The fraction of sp³-hybridized carbons (Fsp3) is 0.545. The zero-order chi connectivity index (χ0) is 24.7. The molecule has 0 unspecified atom stereocenters. The highest BCUT2D eigenvalue weighted by atomic mass is 19.4. The summed E-state index contributed by atoms with van der Waals surface area (Å²) in [6.45, 7) is 7.21. The number of fused-ring (bicyclic) bond motifs is 2. The molecule has 1 saturated heterocycles. The van der Waals surface area contributed by atoms with Gasteiger partial charge in [0.25, 0.3) is 0 Å². The zero-order valence-electron chi connectivity index (χ0n) is 19.5. The number of benzene rings is 1. The molecule has 1 aliphatic heterocycles. The van der Waals surface area contributed by atoms with Crippen LogP contribution in [-0.2, 0) is 0 Å². The largest absolute Gasteiger partial charge is 0.573 e. The van der Waals surface area contributed by atoms with Gasteiger partial charge in [-0.1, -0.05) is 11.2 Å². The molecule has 35 heavy (non-hydrogen) atoms. The second kappa shape index (κ2) is 8.93. The van der Waals surface area contributed by atoms with Gasteiger partial charge < -0.3 is 24.2 Å². The third-order valence-electron chi connectivity index (χ3n) is 6.25. The lowest BCUT2D eigenvalue weighted by Gasteiger charge is -2.37. The maximum Gasteiger partial charge on any atom is 0.573 e. The van der Waals surface area contributed by atoms with Crippen LogP contribution in [0.15, 0.2) is 28.8 Å². The van der Waals surface area contributed by atoms with Crippen molar-refractivity contribution < 1.29 is 27.2 Å². The van der Waals surface area contributed by atoms with Gasteiger partial charge in [-0.3, -0.25) is 0 Å². The molecule has 0 radical (unpaired) electrons. The van der Waals surface area contributed by atoms with Gasteiger partial charge in [-0.05, 0) is 57.6 Å². The van der Waals surface area contributed by atoms with E-state index in [1.165, 1.54) is 18.2 Å². The van der Waals surface area contributed by atoms with Gasteiger partial charge in [0.1, 0.15) is 11.5 Å². The third kappa shape index (κ3) is 5.13. The normalized spacial score (nSPS) is 22.0. The lowest BCUT2D eigenvalue weighted by atomic mass is 9.92. The van der Waals surface area contributed by atoms with Crippen molar-refractivity contribution in [1.82, 2.24) is 24.9 Å². The van der Waals surface area contributed by atoms with Crippen molar-refractivity contribution >= 4 is 12.0 Å². The van der Waals surface area contributed by atoms with Crippen LogP contribution in [0.4, 0.5) is 25.1 Å². The zero-order valence-corrected chi connectivity index (χ0v) is 19.5. The third-order valence-corrected chi connectivity index (χ3v) is 6.25. The number of anilines is 2. The van der Waals surface area contributed by atoms with Crippen molar-refractivity contribution in [2.45, 2.75) is 52.1 Å². The Morgan fingerprint density at radius 1 is 1.11 bits per heavy atom. The van der Waals surface area contributed by atoms with Crippen LogP contribution < -0.4 is 19.7 Å². The molecule has 2 bridgehead atoms. The Balaban J connectivity index is 1.30. The van der Waals surface area contributed by atoms with Crippen molar-refractivity contribution in [3.63, 3.8) is 0 Å². The van der Waals surface area contributed by atoms with E-state index in [9.17, 15) is 13.2 Å². The molecule has 0 spiro atoms. The Morgan fingerprint density at radius 3 is 2.46 bits per heavy atom. The number of nitrogens with one attached hydrogen (secondary N) is 1. The van der Waals surface area contributed by atoms with Gasteiger partial charge in [0, 0.05) is 25.2 Å². The molecule has 2 aliphatic rings. The first kappa shape index (κ1) is 23.2. The van der Waals surface area contributed by atoms with E-state index in [0.717, 1.165) is 32.0 Å². The van der Waals surface area contributed by atoms with Gasteiger partial charge in [-0.25, -0.2) is 4.68 Å². The van der Waals surface area contributed by atoms with Crippen molar-refractivity contribution in [2.24, 2.45) is 11.8 Å². The predicted molar refractivity (Wildman–Crippen MR) is 118 cm³/mol. The molecular weight excluding hydrogens is 467 g/mol. The summed E-state index contributed by atoms with van der Waals surface area (Å²) < 4.78 is 54.5. The standard InChI is InChI=1S/C22H26F3N7O3/c1-12(2)32-21(33-16-5-4-6-17(9-16)34-22(23,24)25)28-19(29-32)27-18-14-7-8-15(18)11-31(10-14)20-26-13(3)30-35-20/h4-6,9,12,14-15,18H,7-8,10-11H2,1-3H3,(H,27,29)/t14-,15+,18-. The highest BCUT2D eigenvalue weighted by Gasteiger charge is 2.44. The Morgan fingerprint density at radius 2 is 1.83 bits per heavy atom. The molecule has 1 aliphatic carbocycles. The Hall–Kier alpha value is -3.51. The topological polar surface area (TPSA) is 103 Å². The highest BCUT2D eigenvalue weighted by Crippen LogP contribution is 2.40. The van der Waals surface area contributed by atoms with Crippen molar-refractivity contribution in [3.8, 4) is 17.5 Å². The SMILES string of the molecule is Cc1noc(N2C[C@H]3CC[C@@H](C2)[C@@H]3Nc2nc(Oc3cccc(OC(F)(F)F)c3)n(C(C)C)n2)n1. The summed E-state index contributed by atoms with van der Waals surface area (Å²) in [5.41, 5.74) is 0. The number of aromatic nitrogens is 5. The number of rotatable bonds is 7. The summed E-state index contributed by atoms with van der Waals surface area (Å²) in [6, 6.07) is 6.14. The van der Waals surface area contributed by atoms with Crippen LogP contribution in [0, 0.1) is 18.8 Å². The van der Waals surface area contributed by atoms with Crippen LogP contribution in [0.3, 0.4) is 0 Å². The van der Waals surface area contributed by atoms with Crippen LogP contribution in [0.2, 0.25) is 0 Å². The van der Waals surface area contributed by atoms with Gasteiger partial charge in [-0.2, -0.15) is 9.97 Å². The minimum atomic E-state index is -4.79. The monoisotopic (exact) mass is 493 g/mol. The Labute approximate surface area is 199 Å². The molecule has 10 nitrogen and oxygen atoms in total. The summed E-state index contributed by atoms with van der Waals surface area (Å²) >= 11 is 0. The molecule has 13 heteroatoms. The van der Waals surface area contributed by atoms with E-state index in [2.05, 4.69) is 35.2 Å². The van der Waals surface area contributed by atoms with Crippen LogP contribution in [-0.4, -0.2) is 50.4 Å². The fourth-order valence-electron chi connectivity index (χ4n) is 4.79. The molecule has 2 aromatic heterocycles. The maximum atomic E-state index is 12.6. The quantitative estimate of drug-likeness (QED) is 0.507. The number of aryl methyl sites for hydroxylation is 1. The van der Waals surface area contributed by atoms with E-state index in [0.29, 0.717) is 29.6 Å². The molecule has 1 aromatic carbocycles. The number of nitrogens with zero attached hydrogens (tertiary/aromatic N) is 6. The number of ether oxygens (including phenoxy) is 2. The van der Waals surface area contributed by atoms with E-state index < -0.39 is 6.36 Å². The maximum absolute atomic E-state index is 12.6. The Kier molecular flexibility index (Phi) is 5.93. The number of hydrogen-bond acceptors (Lipinski definition) is 9. The summed E-state index contributed by atoms with van der Waals surface area (Å²) in [5.74, 6) is 1.53. The van der Waals surface area contributed by atoms with Gasteiger partial charge >= 0.3 is 18.4 Å². The van der Waals surface area contributed by atoms with Crippen molar-refractivity contribution in [3.05, 3.63) is 30.1 Å². The lowest BCUT2D eigenvalue weighted by molar-refractivity contribution is -0.274. The lowest BCUT2D eigenvalue weighted by Crippen LogP contribution is -2.48. The Bertz CT molecular complexity index is 1170. The van der Waals surface area contributed by atoms with E-state index >= 15 is 0 Å². The molecule has 3 atom stereocenters. The number of hydrogen-bond donors (Lipinski definition) is 1. The molecule has 1 N–H and O–H groups in total. The minimum absolute atomic E-state index is 0.0815. The van der Waals surface area contributed by atoms with Gasteiger partial charge in [-0.15, -0.1) is 18.3 Å². The first-order valence-corrected chi connectivity index (χ1v) is 11.5. The van der Waals surface area contributed by atoms with E-state index in [1.807, 2.05) is 13.8 Å².